The average molecular weight is 235 g/mol. The molecule has 2 nitrogen and oxygen atoms in total. The van der Waals surface area contributed by atoms with Crippen LogP contribution in [0.15, 0.2) is 0 Å². The number of ether oxygens (including phenoxy) is 1. The monoisotopic (exact) mass is 236 g/mol. The quantitative estimate of drug-likeness (QED) is 0.540. The molecular weight excluding hydrogens is 223 g/mol. The molecule has 0 fully saturated rings. The first-order chi connectivity index (χ1) is 4.27. The van der Waals surface area contributed by atoms with Gasteiger partial charge in [-0.05, 0) is 0 Å². The first-order valence-corrected chi connectivity index (χ1v) is 4.84. The first kappa shape index (κ1) is 9.27. The third-order valence-corrected chi connectivity index (χ3v) is 1.47. The summed E-state index contributed by atoms with van der Waals surface area (Å²) in [6, 6.07) is 0. The van der Waals surface area contributed by atoms with Crippen LogP contribution in [0.1, 0.15) is 26.2 Å². The Morgan fingerprint density at radius 2 is 2.22 bits per heavy atom. The van der Waals surface area contributed by atoms with E-state index in [0.717, 1.165) is 12.8 Å². The topological polar surface area (TPSA) is 26.3 Å². The van der Waals surface area contributed by atoms with Gasteiger partial charge in [-0.3, -0.25) is 0 Å². The van der Waals surface area contributed by atoms with E-state index in [1.807, 2.05) is 0 Å². The maximum absolute atomic E-state index is 10.2. The molecule has 0 spiro atoms. The Balaban J connectivity index is 2.83. The summed E-state index contributed by atoms with van der Waals surface area (Å²) >= 11 is 0.584. The molecule has 0 atom stereocenters. The number of rotatable bonds is 4. The fourth-order valence-corrected chi connectivity index (χ4v) is 0.861. The summed E-state index contributed by atoms with van der Waals surface area (Å²) < 4.78 is 4.72. The van der Waals surface area contributed by atoms with Crippen molar-refractivity contribution in [1.82, 2.24) is 0 Å². The van der Waals surface area contributed by atoms with Crippen molar-refractivity contribution in [3.8, 4) is 0 Å². The SMILES string of the molecule is CCCCCO[C](=O)[SnH]. The second-order valence-corrected chi connectivity index (χ2v) is 3.22. The van der Waals surface area contributed by atoms with Gasteiger partial charge in [-0.2, -0.15) is 0 Å². The average Bonchev–Trinajstić information content (AvgIpc) is 1.80. The molecule has 0 rings (SSSR count). The van der Waals surface area contributed by atoms with Crippen LogP contribution in [0.5, 0.6) is 0 Å². The fraction of sp³-hybridized carbons (Fsp3) is 0.833. The number of hydrogen-bond acceptors (Lipinski definition) is 2. The van der Waals surface area contributed by atoms with Crippen molar-refractivity contribution >= 4 is 26.5 Å². The van der Waals surface area contributed by atoms with Gasteiger partial charge in [0.2, 0.25) is 0 Å². The minimum atomic E-state index is -0.0449. The zero-order valence-electron chi connectivity index (χ0n) is 5.72. The van der Waals surface area contributed by atoms with Crippen molar-refractivity contribution in [1.29, 1.82) is 0 Å². The molecule has 0 saturated carbocycles. The number of hydrogen-bond donors (Lipinski definition) is 0. The Morgan fingerprint density at radius 3 is 2.67 bits per heavy atom. The van der Waals surface area contributed by atoms with Gasteiger partial charge in [-0.15, -0.1) is 0 Å². The van der Waals surface area contributed by atoms with Crippen LogP contribution < -0.4 is 0 Å². The molecule has 0 aromatic rings. The van der Waals surface area contributed by atoms with E-state index in [2.05, 4.69) is 6.92 Å². The third-order valence-electron chi connectivity index (χ3n) is 0.992. The molecule has 0 unspecified atom stereocenters. The van der Waals surface area contributed by atoms with Crippen molar-refractivity contribution in [2.45, 2.75) is 26.2 Å². The normalized spacial score (nSPS) is 9.11. The van der Waals surface area contributed by atoms with E-state index in [9.17, 15) is 4.79 Å². The predicted molar refractivity (Wildman–Crippen MR) is 38.0 cm³/mol. The van der Waals surface area contributed by atoms with Crippen molar-refractivity contribution in [2.24, 2.45) is 0 Å². The molecule has 0 bridgehead atoms. The summed E-state index contributed by atoms with van der Waals surface area (Å²) in [5, 5.41) is 0. The number of unbranched alkanes of at least 4 members (excludes halogenated alkanes) is 2. The standard InChI is InChI=1S/C6H11O2.Sn.H/c1-2-3-4-5-8-6-7;;/h2-5H2,1H3;;. The predicted octanol–water partition coefficient (Wildman–Crippen LogP) is 1.21. The molecule has 9 heavy (non-hydrogen) atoms. The molecule has 0 aromatic carbocycles. The van der Waals surface area contributed by atoms with Crippen LogP contribution in [-0.4, -0.2) is 33.1 Å². The fourth-order valence-electron chi connectivity index (χ4n) is 0.525. The molecule has 0 heterocycles. The summed E-state index contributed by atoms with van der Waals surface area (Å²) in [5.41, 5.74) is 0. The van der Waals surface area contributed by atoms with Crippen molar-refractivity contribution in [2.75, 3.05) is 6.61 Å². The van der Waals surface area contributed by atoms with E-state index < -0.39 is 0 Å². The van der Waals surface area contributed by atoms with Crippen LogP contribution in [0.4, 0.5) is 4.79 Å². The Morgan fingerprint density at radius 1 is 1.56 bits per heavy atom. The van der Waals surface area contributed by atoms with E-state index in [1.165, 1.54) is 6.42 Å². The number of carbonyl (C=O) groups is 1. The summed E-state index contributed by atoms with van der Waals surface area (Å²) in [7, 11) is 0. The third kappa shape index (κ3) is 8.27. The van der Waals surface area contributed by atoms with Gasteiger partial charge in [0.1, 0.15) is 0 Å². The van der Waals surface area contributed by atoms with Gasteiger partial charge in [-0.25, -0.2) is 0 Å². The van der Waals surface area contributed by atoms with Crippen LogP contribution in [0.3, 0.4) is 0 Å². The summed E-state index contributed by atoms with van der Waals surface area (Å²) in [6.07, 6.45) is 3.36. The molecule has 0 aliphatic carbocycles. The molecule has 0 aromatic heterocycles. The van der Waals surface area contributed by atoms with Crippen molar-refractivity contribution < 1.29 is 9.53 Å². The Hall–Kier alpha value is 0.269. The summed E-state index contributed by atoms with van der Waals surface area (Å²) in [4.78, 5) is 10.2. The first-order valence-electron chi connectivity index (χ1n) is 3.19. The maximum atomic E-state index is 10.2. The second kappa shape index (κ2) is 6.39. The van der Waals surface area contributed by atoms with Crippen LogP contribution in [-0.2, 0) is 4.74 Å². The summed E-state index contributed by atoms with van der Waals surface area (Å²) in [6.45, 7) is 2.75. The summed E-state index contributed by atoms with van der Waals surface area (Å²) in [5.74, 6) is 0. The second-order valence-electron chi connectivity index (χ2n) is 1.87. The van der Waals surface area contributed by atoms with Gasteiger partial charge < -0.3 is 0 Å². The van der Waals surface area contributed by atoms with E-state index in [-0.39, 0.29) is 3.99 Å². The Kier molecular flexibility index (Phi) is 6.58. The van der Waals surface area contributed by atoms with E-state index in [0.29, 0.717) is 29.1 Å². The molecule has 2 radical (unpaired) electrons. The van der Waals surface area contributed by atoms with Crippen LogP contribution in [0, 0.1) is 0 Å². The molecule has 0 aliphatic heterocycles. The number of carbonyl (C=O) groups excluding carboxylic acids is 1. The molecule has 0 N–H and O–H groups in total. The van der Waals surface area contributed by atoms with Crippen molar-refractivity contribution in [3.05, 3.63) is 0 Å². The molecule has 0 aliphatic rings. The van der Waals surface area contributed by atoms with Crippen LogP contribution in [0.2, 0.25) is 0 Å². The molecule has 0 saturated heterocycles. The van der Waals surface area contributed by atoms with Crippen LogP contribution >= 0.6 is 0 Å². The van der Waals surface area contributed by atoms with Gasteiger partial charge in [-0.1, -0.05) is 0 Å². The van der Waals surface area contributed by atoms with Gasteiger partial charge >= 0.3 is 68.8 Å². The Bertz CT molecular complexity index is 83.1. The van der Waals surface area contributed by atoms with Gasteiger partial charge in [0.15, 0.2) is 0 Å². The molecule has 52 valence electrons. The van der Waals surface area contributed by atoms with Gasteiger partial charge in [0.25, 0.3) is 0 Å². The van der Waals surface area contributed by atoms with Crippen molar-refractivity contribution in [3.63, 3.8) is 0 Å². The minimum absolute atomic E-state index is 0.0449. The molecular formula is C6H12O2Sn. The van der Waals surface area contributed by atoms with E-state index in [1.54, 1.807) is 0 Å². The van der Waals surface area contributed by atoms with E-state index in [4.69, 9.17) is 4.74 Å². The van der Waals surface area contributed by atoms with E-state index >= 15 is 0 Å². The molecule has 3 heteroatoms. The zero-order valence-corrected chi connectivity index (χ0v) is 9.02. The van der Waals surface area contributed by atoms with Gasteiger partial charge in [0, 0.05) is 0 Å². The van der Waals surface area contributed by atoms with Crippen LogP contribution in [0.25, 0.3) is 0 Å². The Labute approximate surface area is 69.0 Å². The molecule has 0 amide bonds. The van der Waals surface area contributed by atoms with Gasteiger partial charge in [0.05, 0.1) is 0 Å². The zero-order chi connectivity index (χ0) is 7.11.